The Bertz CT molecular complexity index is 740. The Hall–Kier alpha value is -2.33. The molecule has 0 aliphatic rings. The van der Waals surface area contributed by atoms with E-state index >= 15 is 0 Å². The van der Waals surface area contributed by atoms with Crippen LogP contribution in [0.5, 0.6) is 0 Å². The van der Waals surface area contributed by atoms with Gasteiger partial charge in [0.05, 0.1) is 6.54 Å². The molecule has 120 valence electrons. The van der Waals surface area contributed by atoms with Gasteiger partial charge in [0.2, 0.25) is 0 Å². The zero-order valence-corrected chi connectivity index (χ0v) is 13.0. The number of aromatic nitrogens is 7. The summed E-state index contributed by atoms with van der Waals surface area (Å²) < 4.78 is 16.6. The smallest absolute Gasteiger partial charge is 0.195 e. The van der Waals surface area contributed by atoms with Crippen LogP contribution in [0.4, 0.5) is 4.39 Å². The van der Waals surface area contributed by atoms with E-state index < -0.39 is 0 Å². The van der Waals surface area contributed by atoms with Crippen molar-refractivity contribution in [2.24, 2.45) is 5.73 Å². The van der Waals surface area contributed by atoms with Gasteiger partial charge in [0.1, 0.15) is 12.1 Å². The summed E-state index contributed by atoms with van der Waals surface area (Å²) in [7, 11) is 0. The molecule has 2 aromatic heterocycles. The summed E-state index contributed by atoms with van der Waals surface area (Å²) in [5.41, 5.74) is 6.51. The van der Waals surface area contributed by atoms with E-state index in [4.69, 9.17) is 5.73 Å². The van der Waals surface area contributed by atoms with Crippen molar-refractivity contribution in [2.45, 2.75) is 24.7 Å². The fourth-order valence-electron chi connectivity index (χ4n) is 2.05. The van der Waals surface area contributed by atoms with Crippen LogP contribution in [0, 0.1) is 5.82 Å². The quantitative estimate of drug-likeness (QED) is 0.509. The molecule has 0 saturated heterocycles. The number of nitrogens with two attached hydrogens (primary N) is 1. The van der Waals surface area contributed by atoms with Gasteiger partial charge in [-0.25, -0.2) is 9.07 Å². The minimum Gasteiger partial charge on any atom is -0.324 e. The maximum Gasteiger partial charge on any atom is 0.195 e. The fraction of sp³-hybridized carbons (Fsp3) is 0.308. The largest absolute Gasteiger partial charge is 0.324 e. The van der Waals surface area contributed by atoms with E-state index in [1.807, 2.05) is 4.57 Å². The van der Waals surface area contributed by atoms with Crippen molar-refractivity contribution in [1.29, 1.82) is 0 Å². The van der Waals surface area contributed by atoms with Gasteiger partial charge in [-0.2, -0.15) is 0 Å². The summed E-state index contributed by atoms with van der Waals surface area (Å²) in [5.74, 6) is 1.18. The molecule has 0 radical (unpaired) electrons. The van der Waals surface area contributed by atoms with Crippen LogP contribution >= 0.6 is 11.8 Å². The molecule has 0 saturated carbocycles. The molecule has 0 unspecified atom stereocenters. The summed E-state index contributed by atoms with van der Waals surface area (Å²) in [4.78, 5) is 0. The molecular weight excluding hydrogens is 319 g/mol. The van der Waals surface area contributed by atoms with Gasteiger partial charge in [-0.05, 0) is 41.1 Å². The van der Waals surface area contributed by atoms with Gasteiger partial charge in [-0.1, -0.05) is 11.8 Å². The van der Waals surface area contributed by atoms with Crippen molar-refractivity contribution in [2.75, 3.05) is 5.75 Å². The molecule has 0 amide bonds. The first-order chi connectivity index (χ1) is 11.3. The summed E-state index contributed by atoms with van der Waals surface area (Å²) in [5, 5.41) is 20.0. The lowest BCUT2D eigenvalue weighted by molar-refractivity contribution is 0.581. The molecule has 0 bridgehead atoms. The van der Waals surface area contributed by atoms with E-state index in [-0.39, 0.29) is 12.4 Å². The van der Waals surface area contributed by atoms with E-state index in [9.17, 15) is 4.39 Å². The molecule has 0 atom stereocenters. The van der Waals surface area contributed by atoms with E-state index in [1.165, 1.54) is 12.1 Å². The van der Waals surface area contributed by atoms with Gasteiger partial charge in [-0.3, -0.25) is 4.57 Å². The predicted molar refractivity (Wildman–Crippen MR) is 82.4 cm³/mol. The second-order valence-electron chi connectivity index (χ2n) is 4.69. The third kappa shape index (κ3) is 3.71. The van der Waals surface area contributed by atoms with Crippen molar-refractivity contribution < 1.29 is 4.39 Å². The first-order valence-electron chi connectivity index (χ1n) is 7.02. The normalized spacial score (nSPS) is 11.0. The Kier molecular flexibility index (Phi) is 4.93. The lowest BCUT2D eigenvalue weighted by Gasteiger charge is -2.09. The SMILES string of the molecule is NCc1nnc(SCCCn2cnnn2)n1-c1ccc(F)cc1. The van der Waals surface area contributed by atoms with E-state index in [0.29, 0.717) is 5.82 Å². The molecule has 0 spiro atoms. The van der Waals surface area contributed by atoms with Crippen LogP contribution in [-0.2, 0) is 13.1 Å². The Labute approximate surface area is 135 Å². The first-order valence-corrected chi connectivity index (χ1v) is 8.00. The third-order valence-electron chi connectivity index (χ3n) is 3.12. The molecule has 23 heavy (non-hydrogen) atoms. The first kappa shape index (κ1) is 15.6. The lowest BCUT2D eigenvalue weighted by Crippen LogP contribution is -2.08. The molecule has 8 nitrogen and oxygen atoms in total. The lowest BCUT2D eigenvalue weighted by atomic mass is 10.3. The third-order valence-corrected chi connectivity index (χ3v) is 4.14. The topological polar surface area (TPSA) is 100 Å². The number of rotatable bonds is 7. The minimum atomic E-state index is -0.285. The Morgan fingerprint density at radius 2 is 2.00 bits per heavy atom. The summed E-state index contributed by atoms with van der Waals surface area (Å²) in [6, 6.07) is 6.18. The maximum absolute atomic E-state index is 13.1. The average Bonchev–Trinajstić information content (AvgIpc) is 3.22. The molecule has 0 fully saturated rings. The van der Waals surface area contributed by atoms with Crippen molar-refractivity contribution in [3.05, 3.63) is 42.2 Å². The highest BCUT2D eigenvalue weighted by molar-refractivity contribution is 7.99. The Morgan fingerprint density at radius 1 is 1.17 bits per heavy atom. The van der Waals surface area contributed by atoms with Crippen LogP contribution < -0.4 is 5.73 Å². The van der Waals surface area contributed by atoms with E-state index in [2.05, 4.69) is 25.7 Å². The van der Waals surface area contributed by atoms with Crippen LogP contribution in [0.1, 0.15) is 12.2 Å². The van der Waals surface area contributed by atoms with Crippen LogP contribution in [-0.4, -0.2) is 40.7 Å². The Morgan fingerprint density at radius 3 is 2.70 bits per heavy atom. The predicted octanol–water partition coefficient (Wildman–Crippen LogP) is 1.03. The highest BCUT2D eigenvalue weighted by Crippen LogP contribution is 2.22. The number of thioether (sulfide) groups is 1. The minimum absolute atomic E-state index is 0.259. The molecule has 2 N–H and O–H groups in total. The summed E-state index contributed by atoms with van der Waals surface area (Å²) in [6.45, 7) is 0.990. The van der Waals surface area contributed by atoms with Gasteiger partial charge < -0.3 is 5.73 Å². The van der Waals surface area contributed by atoms with Crippen molar-refractivity contribution in [3.63, 3.8) is 0 Å². The number of halogens is 1. The van der Waals surface area contributed by atoms with Crippen molar-refractivity contribution >= 4 is 11.8 Å². The van der Waals surface area contributed by atoms with Gasteiger partial charge >= 0.3 is 0 Å². The van der Waals surface area contributed by atoms with Gasteiger partial charge in [0.15, 0.2) is 11.0 Å². The number of hydrogen-bond acceptors (Lipinski definition) is 7. The standard InChI is InChI=1S/C13H15FN8S/c14-10-2-4-11(5-3-10)22-12(8-15)17-18-13(22)23-7-1-6-21-9-16-19-20-21/h2-5,9H,1,6-8,15H2. The van der Waals surface area contributed by atoms with Gasteiger partial charge in [0.25, 0.3) is 0 Å². The molecule has 0 aliphatic heterocycles. The van der Waals surface area contributed by atoms with Crippen LogP contribution in [0.25, 0.3) is 5.69 Å². The molecular formula is C13H15FN8S. The number of benzene rings is 1. The van der Waals surface area contributed by atoms with Crippen LogP contribution in [0.2, 0.25) is 0 Å². The summed E-state index contributed by atoms with van der Waals surface area (Å²) in [6.07, 6.45) is 2.46. The van der Waals surface area contributed by atoms with E-state index in [0.717, 1.165) is 29.6 Å². The molecule has 10 heteroatoms. The monoisotopic (exact) mass is 334 g/mol. The highest BCUT2D eigenvalue weighted by Gasteiger charge is 2.13. The Balaban J connectivity index is 1.69. The van der Waals surface area contributed by atoms with Crippen molar-refractivity contribution in [3.8, 4) is 5.69 Å². The zero-order valence-electron chi connectivity index (χ0n) is 12.2. The van der Waals surface area contributed by atoms with Gasteiger partial charge in [0, 0.05) is 18.0 Å². The molecule has 2 heterocycles. The highest BCUT2D eigenvalue weighted by atomic mass is 32.2. The summed E-state index contributed by atoms with van der Waals surface area (Å²) >= 11 is 1.56. The number of nitrogens with zero attached hydrogens (tertiary/aromatic N) is 7. The second-order valence-corrected chi connectivity index (χ2v) is 5.75. The van der Waals surface area contributed by atoms with Gasteiger partial charge in [-0.15, -0.1) is 15.3 Å². The van der Waals surface area contributed by atoms with Crippen LogP contribution in [0.3, 0.4) is 0 Å². The number of tetrazole rings is 1. The van der Waals surface area contributed by atoms with E-state index in [1.54, 1.807) is 34.9 Å². The fourth-order valence-corrected chi connectivity index (χ4v) is 2.94. The van der Waals surface area contributed by atoms with Crippen LogP contribution in [0.15, 0.2) is 35.7 Å². The van der Waals surface area contributed by atoms with Crippen molar-refractivity contribution in [1.82, 2.24) is 35.0 Å². The second kappa shape index (κ2) is 7.29. The number of hydrogen-bond donors (Lipinski definition) is 1. The molecule has 3 aromatic rings. The maximum atomic E-state index is 13.1. The average molecular weight is 334 g/mol. The molecule has 0 aliphatic carbocycles. The number of aryl methyl sites for hydroxylation is 1. The molecule has 3 rings (SSSR count). The zero-order chi connectivity index (χ0) is 16.1. The molecule has 1 aromatic carbocycles.